The Morgan fingerprint density at radius 3 is 2.96 bits per heavy atom. The van der Waals surface area contributed by atoms with Crippen LogP contribution in [0.2, 0.25) is 5.02 Å². The zero-order chi connectivity index (χ0) is 16.2. The molecule has 2 aromatic heterocycles. The lowest BCUT2D eigenvalue weighted by atomic mass is 10.1. The molecule has 3 rings (SSSR count). The van der Waals surface area contributed by atoms with Gasteiger partial charge in [0.2, 0.25) is 0 Å². The van der Waals surface area contributed by atoms with Crippen LogP contribution >= 0.6 is 11.6 Å². The van der Waals surface area contributed by atoms with Crippen molar-refractivity contribution in [2.75, 3.05) is 29.0 Å². The van der Waals surface area contributed by atoms with Crippen molar-refractivity contribution in [3.63, 3.8) is 0 Å². The van der Waals surface area contributed by atoms with E-state index in [1.54, 1.807) is 6.33 Å². The zero-order valence-electron chi connectivity index (χ0n) is 13.0. The van der Waals surface area contributed by atoms with Crippen molar-refractivity contribution in [3.05, 3.63) is 29.4 Å². The Hall–Kier alpha value is -2.15. The second-order valence-electron chi connectivity index (χ2n) is 5.57. The normalized spacial score (nSPS) is 18.0. The lowest BCUT2D eigenvalue weighted by Crippen LogP contribution is -2.42. The van der Waals surface area contributed by atoms with Crippen molar-refractivity contribution in [3.8, 4) is 0 Å². The molecule has 3 heterocycles. The van der Waals surface area contributed by atoms with E-state index in [1.165, 1.54) is 6.33 Å². The van der Waals surface area contributed by atoms with E-state index < -0.39 is 0 Å². The Kier molecular flexibility index (Phi) is 4.76. The summed E-state index contributed by atoms with van der Waals surface area (Å²) in [5.74, 6) is 1.85. The first-order chi connectivity index (χ1) is 11.2. The standard InChI is InChI=1S/C15H20ClN7/c1-2-10-6-12(19-8-18-10)23-5-3-4-11(7-23)22-15-13(16)14(17)20-9-21-15/h6,8-9,11H,2-5,7H2,1H3,(H3,17,20,21,22). The Morgan fingerprint density at radius 1 is 1.30 bits per heavy atom. The topological polar surface area (TPSA) is 92.8 Å². The van der Waals surface area contributed by atoms with Gasteiger partial charge in [-0.2, -0.15) is 0 Å². The number of nitrogens with one attached hydrogen (secondary N) is 1. The molecule has 0 saturated carbocycles. The molecule has 1 saturated heterocycles. The first kappa shape index (κ1) is 15.7. The van der Waals surface area contributed by atoms with Gasteiger partial charge in [0.1, 0.15) is 29.3 Å². The third-order valence-electron chi connectivity index (χ3n) is 3.97. The molecule has 0 aromatic carbocycles. The maximum absolute atomic E-state index is 6.16. The quantitative estimate of drug-likeness (QED) is 0.885. The van der Waals surface area contributed by atoms with Gasteiger partial charge in [-0.15, -0.1) is 0 Å². The van der Waals surface area contributed by atoms with Gasteiger partial charge in [-0.3, -0.25) is 0 Å². The third-order valence-corrected chi connectivity index (χ3v) is 4.35. The molecule has 0 aliphatic carbocycles. The van der Waals surface area contributed by atoms with Gasteiger partial charge in [0.15, 0.2) is 5.82 Å². The Balaban J connectivity index is 1.72. The predicted octanol–water partition coefficient (Wildman–Crippen LogP) is 2.15. The highest BCUT2D eigenvalue weighted by Gasteiger charge is 2.22. The molecule has 0 radical (unpaired) electrons. The predicted molar refractivity (Wildman–Crippen MR) is 91.7 cm³/mol. The molecule has 1 aliphatic heterocycles. The number of halogens is 1. The number of anilines is 3. The number of aromatic nitrogens is 4. The van der Waals surface area contributed by atoms with Crippen LogP contribution in [0.25, 0.3) is 0 Å². The van der Waals surface area contributed by atoms with Gasteiger partial charge in [-0.05, 0) is 19.3 Å². The summed E-state index contributed by atoms with van der Waals surface area (Å²) in [6, 6.07) is 2.29. The lowest BCUT2D eigenvalue weighted by molar-refractivity contribution is 0.525. The number of nitrogens with zero attached hydrogens (tertiary/aromatic N) is 5. The molecule has 8 heteroatoms. The van der Waals surface area contributed by atoms with Crippen molar-refractivity contribution in [1.82, 2.24) is 19.9 Å². The Bertz CT molecular complexity index is 679. The molecule has 1 aliphatic rings. The fourth-order valence-corrected chi connectivity index (χ4v) is 2.88. The van der Waals surface area contributed by atoms with Crippen LogP contribution < -0.4 is 16.0 Å². The molecule has 23 heavy (non-hydrogen) atoms. The molecule has 7 nitrogen and oxygen atoms in total. The third kappa shape index (κ3) is 3.61. The minimum atomic E-state index is 0.232. The summed E-state index contributed by atoms with van der Waals surface area (Å²) >= 11 is 6.16. The van der Waals surface area contributed by atoms with Gasteiger partial charge in [0.05, 0.1) is 0 Å². The van der Waals surface area contributed by atoms with E-state index in [2.05, 4.69) is 43.1 Å². The van der Waals surface area contributed by atoms with Crippen molar-refractivity contribution < 1.29 is 0 Å². The van der Waals surface area contributed by atoms with Gasteiger partial charge in [0, 0.05) is 30.9 Å². The highest BCUT2D eigenvalue weighted by atomic mass is 35.5. The van der Waals surface area contributed by atoms with Gasteiger partial charge in [0.25, 0.3) is 0 Å². The maximum atomic E-state index is 6.16. The van der Waals surface area contributed by atoms with E-state index in [0.29, 0.717) is 16.7 Å². The lowest BCUT2D eigenvalue weighted by Gasteiger charge is -2.34. The molecule has 0 spiro atoms. The average molecular weight is 334 g/mol. The minimum absolute atomic E-state index is 0.232. The summed E-state index contributed by atoms with van der Waals surface area (Å²) in [6.07, 6.45) is 6.07. The highest BCUT2D eigenvalue weighted by Crippen LogP contribution is 2.26. The summed E-state index contributed by atoms with van der Waals surface area (Å²) in [4.78, 5) is 19.0. The molecule has 0 bridgehead atoms. The molecule has 1 fully saturated rings. The van der Waals surface area contributed by atoms with E-state index in [9.17, 15) is 0 Å². The summed E-state index contributed by atoms with van der Waals surface area (Å²) in [5.41, 5.74) is 6.78. The van der Waals surface area contributed by atoms with E-state index in [4.69, 9.17) is 17.3 Å². The van der Waals surface area contributed by atoms with Crippen LogP contribution in [-0.2, 0) is 6.42 Å². The number of hydrogen-bond acceptors (Lipinski definition) is 7. The summed E-state index contributed by atoms with van der Waals surface area (Å²) in [7, 11) is 0. The van der Waals surface area contributed by atoms with Crippen molar-refractivity contribution in [2.24, 2.45) is 0 Å². The fraction of sp³-hybridized carbons (Fsp3) is 0.467. The van der Waals surface area contributed by atoms with Gasteiger partial charge in [-0.1, -0.05) is 18.5 Å². The van der Waals surface area contributed by atoms with E-state index in [1.807, 2.05) is 0 Å². The van der Waals surface area contributed by atoms with E-state index in [0.717, 1.165) is 43.9 Å². The average Bonchev–Trinajstić information content (AvgIpc) is 2.59. The smallest absolute Gasteiger partial charge is 0.150 e. The van der Waals surface area contributed by atoms with Crippen LogP contribution in [0.4, 0.5) is 17.5 Å². The molecule has 122 valence electrons. The fourth-order valence-electron chi connectivity index (χ4n) is 2.73. The Morgan fingerprint density at radius 2 is 2.13 bits per heavy atom. The van der Waals surface area contributed by atoms with Crippen LogP contribution in [0, 0.1) is 0 Å². The zero-order valence-corrected chi connectivity index (χ0v) is 13.8. The maximum Gasteiger partial charge on any atom is 0.150 e. The number of rotatable bonds is 4. The molecule has 0 amide bonds. The van der Waals surface area contributed by atoms with Crippen molar-refractivity contribution in [2.45, 2.75) is 32.2 Å². The molecule has 1 atom stereocenters. The van der Waals surface area contributed by atoms with E-state index >= 15 is 0 Å². The van der Waals surface area contributed by atoms with Crippen LogP contribution in [-0.4, -0.2) is 39.1 Å². The number of hydrogen-bond donors (Lipinski definition) is 2. The van der Waals surface area contributed by atoms with Crippen LogP contribution in [0.5, 0.6) is 0 Å². The number of aryl methyl sites for hydroxylation is 1. The second-order valence-corrected chi connectivity index (χ2v) is 5.95. The summed E-state index contributed by atoms with van der Waals surface area (Å²) < 4.78 is 0. The van der Waals surface area contributed by atoms with Crippen LogP contribution in [0.3, 0.4) is 0 Å². The van der Waals surface area contributed by atoms with Crippen LogP contribution in [0.1, 0.15) is 25.5 Å². The Labute approximate surface area is 140 Å². The summed E-state index contributed by atoms with van der Waals surface area (Å²) in [6.45, 7) is 3.91. The van der Waals surface area contributed by atoms with Crippen molar-refractivity contribution in [1.29, 1.82) is 0 Å². The SMILES string of the molecule is CCc1cc(N2CCCC(Nc3ncnc(N)c3Cl)C2)ncn1. The molecular formula is C15H20ClN7. The van der Waals surface area contributed by atoms with Crippen LogP contribution in [0.15, 0.2) is 18.7 Å². The first-order valence-electron chi connectivity index (χ1n) is 7.75. The molecule has 1 unspecified atom stereocenters. The molecule has 3 N–H and O–H groups in total. The first-order valence-corrected chi connectivity index (χ1v) is 8.13. The van der Waals surface area contributed by atoms with Gasteiger partial charge < -0.3 is 16.0 Å². The number of piperidine rings is 1. The summed E-state index contributed by atoms with van der Waals surface area (Å²) in [5, 5.41) is 3.75. The monoisotopic (exact) mass is 333 g/mol. The number of nitrogen functional groups attached to an aromatic ring is 1. The molecular weight excluding hydrogens is 314 g/mol. The van der Waals surface area contributed by atoms with Gasteiger partial charge >= 0.3 is 0 Å². The van der Waals surface area contributed by atoms with Crippen molar-refractivity contribution >= 4 is 29.1 Å². The largest absolute Gasteiger partial charge is 0.382 e. The van der Waals surface area contributed by atoms with E-state index in [-0.39, 0.29) is 6.04 Å². The molecule has 2 aromatic rings. The second kappa shape index (κ2) is 6.95. The minimum Gasteiger partial charge on any atom is -0.382 e. The number of nitrogens with two attached hydrogens (primary N) is 1. The highest BCUT2D eigenvalue weighted by molar-refractivity contribution is 6.35. The van der Waals surface area contributed by atoms with Gasteiger partial charge in [-0.25, -0.2) is 19.9 Å².